The van der Waals surface area contributed by atoms with E-state index in [0.717, 1.165) is 18.4 Å². The molecule has 1 N–H and O–H groups in total. The molecular formula is C18H28O3. The van der Waals surface area contributed by atoms with Crippen LogP contribution < -0.4 is 0 Å². The number of carbonyl (C=O) groups is 1. The molecule has 0 bridgehead atoms. The molecule has 0 aliphatic carbocycles. The number of phenols is 1. The molecule has 0 spiro atoms. The van der Waals surface area contributed by atoms with Crippen LogP contribution in [-0.4, -0.2) is 18.2 Å². The van der Waals surface area contributed by atoms with Crippen LogP contribution >= 0.6 is 0 Å². The highest BCUT2D eigenvalue weighted by atomic mass is 16.5. The minimum absolute atomic E-state index is 0.0125. The van der Waals surface area contributed by atoms with Crippen LogP contribution in [0.15, 0.2) is 18.2 Å². The maximum absolute atomic E-state index is 11.5. The van der Waals surface area contributed by atoms with Gasteiger partial charge in [0.1, 0.15) is 11.3 Å². The zero-order chi connectivity index (χ0) is 15.5. The average molecular weight is 292 g/mol. The predicted molar refractivity (Wildman–Crippen MR) is 85.8 cm³/mol. The van der Waals surface area contributed by atoms with Crippen LogP contribution in [0, 0.1) is 0 Å². The van der Waals surface area contributed by atoms with E-state index in [1.54, 1.807) is 12.1 Å². The lowest BCUT2D eigenvalue weighted by molar-refractivity contribution is 0.0597. The van der Waals surface area contributed by atoms with Gasteiger partial charge in [0, 0.05) is 0 Å². The summed E-state index contributed by atoms with van der Waals surface area (Å²) in [5.41, 5.74) is 1.34. The van der Waals surface area contributed by atoms with Crippen LogP contribution in [0.4, 0.5) is 0 Å². The van der Waals surface area contributed by atoms with Gasteiger partial charge in [-0.3, -0.25) is 0 Å². The lowest BCUT2D eigenvalue weighted by atomic mass is 10.0. The zero-order valence-electron chi connectivity index (χ0n) is 13.4. The summed E-state index contributed by atoms with van der Waals surface area (Å²) in [4.78, 5) is 11.5. The van der Waals surface area contributed by atoms with Gasteiger partial charge in [-0.15, -0.1) is 0 Å². The molecule has 0 radical (unpaired) electrons. The van der Waals surface area contributed by atoms with Gasteiger partial charge in [-0.25, -0.2) is 4.79 Å². The summed E-state index contributed by atoms with van der Waals surface area (Å²) in [5.74, 6) is -0.494. The Labute approximate surface area is 128 Å². The van der Waals surface area contributed by atoms with Gasteiger partial charge in [0.15, 0.2) is 0 Å². The second-order valence-corrected chi connectivity index (χ2v) is 5.57. The summed E-state index contributed by atoms with van der Waals surface area (Å²) in [7, 11) is 1.33. The largest absolute Gasteiger partial charge is 0.507 e. The van der Waals surface area contributed by atoms with Crippen LogP contribution in [0.2, 0.25) is 0 Å². The molecule has 1 aromatic rings. The second-order valence-electron chi connectivity index (χ2n) is 5.57. The van der Waals surface area contributed by atoms with Crippen LogP contribution in [0.25, 0.3) is 0 Å². The topological polar surface area (TPSA) is 46.5 Å². The fourth-order valence-corrected chi connectivity index (χ4v) is 2.48. The van der Waals surface area contributed by atoms with Gasteiger partial charge in [-0.1, -0.05) is 57.9 Å². The smallest absolute Gasteiger partial charge is 0.341 e. The third kappa shape index (κ3) is 6.65. The Morgan fingerprint density at radius 2 is 1.67 bits per heavy atom. The molecule has 1 aromatic carbocycles. The van der Waals surface area contributed by atoms with Crippen molar-refractivity contribution in [2.24, 2.45) is 0 Å². The molecule has 0 amide bonds. The fraction of sp³-hybridized carbons (Fsp3) is 0.611. The zero-order valence-corrected chi connectivity index (χ0v) is 13.4. The molecule has 21 heavy (non-hydrogen) atoms. The van der Waals surface area contributed by atoms with Crippen molar-refractivity contribution in [3.05, 3.63) is 29.3 Å². The number of hydrogen-bond donors (Lipinski definition) is 1. The van der Waals surface area contributed by atoms with Gasteiger partial charge in [-0.2, -0.15) is 0 Å². The number of aryl methyl sites for hydroxylation is 1. The summed E-state index contributed by atoms with van der Waals surface area (Å²) in [6.45, 7) is 2.24. The van der Waals surface area contributed by atoms with Crippen LogP contribution in [0.1, 0.15) is 74.2 Å². The molecule has 0 atom stereocenters. The average Bonchev–Trinajstić information content (AvgIpc) is 2.50. The van der Waals surface area contributed by atoms with Crippen molar-refractivity contribution in [3.63, 3.8) is 0 Å². The molecule has 0 fully saturated rings. The minimum atomic E-state index is -0.481. The first kappa shape index (κ1) is 17.5. The number of carbonyl (C=O) groups excluding carboxylic acids is 1. The Balaban J connectivity index is 2.28. The molecule has 118 valence electrons. The lowest BCUT2D eigenvalue weighted by Gasteiger charge is -2.06. The number of benzene rings is 1. The van der Waals surface area contributed by atoms with Gasteiger partial charge >= 0.3 is 5.97 Å². The van der Waals surface area contributed by atoms with Crippen molar-refractivity contribution in [1.82, 2.24) is 0 Å². The number of hydrogen-bond acceptors (Lipinski definition) is 3. The van der Waals surface area contributed by atoms with Crippen molar-refractivity contribution in [2.45, 2.75) is 64.7 Å². The van der Waals surface area contributed by atoms with Crippen molar-refractivity contribution in [3.8, 4) is 5.75 Å². The maximum atomic E-state index is 11.5. The van der Waals surface area contributed by atoms with E-state index in [1.165, 1.54) is 52.1 Å². The molecule has 0 saturated heterocycles. The molecule has 1 rings (SSSR count). The number of phenolic OH excluding ortho intramolecular Hbond substituents is 1. The number of rotatable bonds is 10. The quantitative estimate of drug-likeness (QED) is 0.494. The van der Waals surface area contributed by atoms with Crippen LogP contribution in [-0.2, 0) is 11.2 Å². The molecular weight excluding hydrogens is 264 g/mol. The van der Waals surface area contributed by atoms with E-state index in [9.17, 15) is 9.90 Å². The van der Waals surface area contributed by atoms with Gasteiger partial charge in [0.05, 0.1) is 7.11 Å². The first-order valence-electron chi connectivity index (χ1n) is 8.09. The Kier molecular flexibility index (Phi) is 8.56. The molecule has 3 nitrogen and oxygen atoms in total. The summed E-state index contributed by atoms with van der Waals surface area (Å²) in [6, 6.07) is 5.19. The third-order valence-corrected chi connectivity index (χ3v) is 3.79. The Morgan fingerprint density at radius 3 is 2.29 bits per heavy atom. The van der Waals surface area contributed by atoms with E-state index in [4.69, 9.17) is 0 Å². The van der Waals surface area contributed by atoms with E-state index in [2.05, 4.69) is 11.7 Å². The number of aromatic hydroxyl groups is 1. The first-order valence-corrected chi connectivity index (χ1v) is 8.09. The maximum Gasteiger partial charge on any atom is 0.341 e. The summed E-state index contributed by atoms with van der Waals surface area (Å²) in [6.07, 6.45) is 11.2. The molecule has 0 aliphatic heterocycles. The molecule has 0 aliphatic rings. The first-order chi connectivity index (χ1) is 10.2. The SMILES string of the molecule is CCCCCCCCCCc1ccc(O)c(C(=O)OC)c1. The fourth-order valence-electron chi connectivity index (χ4n) is 2.48. The van der Waals surface area contributed by atoms with Gasteiger partial charge in [0.25, 0.3) is 0 Å². The van der Waals surface area contributed by atoms with Gasteiger partial charge in [0.2, 0.25) is 0 Å². The second kappa shape index (κ2) is 10.3. The van der Waals surface area contributed by atoms with E-state index >= 15 is 0 Å². The number of unbranched alkanes of at least 4 members (excludes halogenated alkanes) is 7. The number of methoxy groups -OCH3 is 1. The van der Waals surface area contributed by atoms with E-state index < -0.39 is 5.97 Å². The minimum Gasteiger partial charge on any atom is -0.507 e. The van der Waals surface area contributed by atoms with Crippen molar-refractivity contribution >= 4 is 5.97 Å². The summed E-state index contributed by atoms with van der Waals surface area (Å²) < 4.78 is 4.66. The normalized spacial score (nSPS) is 10.6. The number of esters is 1. The van der Waals surface area contributed by atoms with E-state index in [0.29, 0.717) is 0 Å². The standard InChI is InChI=1S/C18H28O3/c1-3-4-5-6-7-8-9-10-11-15-12-13-17(19)16(14-15)18(20)21-2/h12-14,19H,3-11H2,1-2H3. The Bertz CT molecular complexity index is 426. The van der Waals surface area contributed by atoms with Crippen LogP contribution in [0.5, 0.6) is 5.75 Å². The van der Waals surface area contributed by atoms with E-state index in [-0.39, 0.29) is 11.3 Å². The highest BCUT2D eigenvalue weighted by Crippen LogP contribution is 2.21. The van der Waals surface area contributed by atoms with Crippen molar-refractivity contribution in [2.75, 3.05) is 7.11 Å². The monoisotopic (exact) mass is 292 g/mol. The predicted octanol–water partition coefficient (Wildman–Crippen LogP) is 4.86. The van der Waals surface area contributed by atoms with Gasteiger partial charge < -0.3 is 9.84 Å². The molecule has 0 aromatic heterocycles. The summed E-state index contributed by atoms with van der Waals surface area (Å²) >= 11 is 0. The number of ether oxygens (including phenoxy) is 1. The highest BCUT2D eigenvalue weighted by Gasteiger charge is 2.11. The Morgan fingerprint density at radius 1 is 1.05 bits per heavy atom. The molecule has 0 unspecified atom stereocenters. The highest BCUT2D eigenvalue weighted by molar-refractivity contribution is 5.92. The molecule has 0 heterocycles. The lowest BCUT2D eigenvalue weighted by Crippen LogP contribution is -2.02. The van der Waals surface area contributed by atoms with Crippen molar-refractivity contribution in [1.29, 1.82) is 0 Å². The molecule has 0 saturated carbocycles. The summed E-state index contributed by atoms with van der Waals surface area (Å²) in [5, 5.41) is 9.65. The van der Waals surface area contributed by atoms with Crippen LogP contribution in [0.3, 0.4) is 0 Å². The third-order valence-electron chi connectivity index (χ3n) is 3.79. The van der Waals surface area contributed by atoms with Gasteiger partial charge in [-0.05, 0) is 30.5 Å². The van der Waals surface area contributed by atoms with E-state index in [1.807, 2.05) is 6.07 Å². The van der Waals surface area contributed by atoms with Crippen molar-refractivity contribution < 1.29 is 14.6 Å². The molecule has 3 heteroatoms. The Hall–Kier alpha value is -1.51.